The van der Waals surface area contributed by atoms with Gasteiger partial charge in [0.2, 0.25) is 0 Å². The van der Waals surface area contributed by atoms with Crippen LogP contribution in [0.25, 0.3) is 0 Å². The fourth-order valence-corrected chi connectivity index (χ4v) is 3.24. The average molecular weight is 286 g/mol. The van der Waals surface area contributed by atoms with E-state index in [4.69, 9.17) is 0 Å². The molecule has 3 unspecified atom stereocenters. The van der Waals surface area contributed by atoms with Gasteiger partial charge < -0.3 is 15.3 Å². The van der Waals surface area contributed by atoms with Crippen molar-refractivity contribution in [3.63, 3.8) is 0 Å². The Morgan fingerprint density at radius 1 is 1.42 bits per heavy atom. The lowest BCUT2D eigenvalue weighted by Crippen LogP contribution is -2.47. The number of urea groups is 1. The first-order valence-corrected chi connectivity index (χ1v) is 7.92. The van der Waals surface area contributed by atoms with Crippen molar-refractivity contribution in [2.75, 3.05) is 12.8 Å². The lowest BCUT2D eigenvalue weighted by Gasteiger charge is -2.27. The summed E-state index contributed by atoms with van der Waals surface area (Å²) in [6, 6.07) is -0.0956. The molecule has 3 atom stereocenters. The first-order chi connectivity index (χ1) is 8.85. The highest BCUT2D eigenvalue weighted by Gasteiger charge is 2.51. The highest BCUT2D eigenvalue weighted by molar-refractivity contribution is 7.99. The molecule has 5 nitrogen and oxygen atoms in total. The number of nitrogens with one attached hydrogen (secondary N) is 1. The molecular weight excluding hydrogens is 264 g/mol. The van der Waals surface area contributed by atoms with E-state index in [0.29, 0.717) is 13.0 Å². The molecule has 0 aromatic heterocycles. The predicted molar refractivity (Wildman–Crippen MR) is 75.4 cm³/mol. The van der Waals surface area contributed by atoms with Gasteiger partial charge in [-0.3, -0.25) is 4.79 Å². The van der Waals surface area contributed by atoms with Gasteiger partial charge in [0, 0.05) is 23.4 Å². The molecule has 0 aromatic rings. The minimum Gasteiger partial charge on any atom is -0.481 e. The van der Waals surface area contributed by atoms with Crippen LogP contribution >= 0.6 is 11.8 Å². The number of hydrogen-bond donors (Lipinski definition) is 2. The number of amides is 2. The van der Waals surface area contributed by atoms with Gasteiger partial charge in [0.15, 0.2) is 0 Å². The molecule has 0 saturated carbocycles. The Hall–Kier alpha value is -0.910. The van der Waals surface area contributed by atoms with E-state index in [9.17, 15) is 14.7 Å². The molecule has 0 radical (unpaired) electrons. The van der Waals surface area contributed by atoms with Gasteiger partial charge in [-0.25, -0.2) is 4.79 Å². The molecule has 2 amide bonds. The van der Waals surface area contributed by atoms with Gasteiger partial charge in [-0.2, -0.15) is 11.8 Å². The zero-order chi connectivity index (χ0) is 14.2. The molecule has 2 N–H and O–H groups in total. The minimum atomic E-state index is -0.769. The quantitative estimate of drug-likeness (QED) is 0.826. The van der Waals surface area contributed by atoms with Crippen molar-refractivity contribution in [1.29, 1.82) is 0 Å². The summed E-state index contributed by atoms with van der Waals surface area (Å²) in [5.74, 6) is -1.15. The largest absolute Gasteiger partial charge is 0.481 e. The van der Waals surface area contributed by atoms with Crippen LogP contribution in [0.3, 0.4) is 0 Å². The van der Waals surface area contributed by atoms with Crippen molar-refractivity contribution in [2.24, 2.45) is 5.92 Å². The molecule has 2 heterocycles. The van der Waals surface area contributed by atoms with Crippen LogP contribution in [-0.2, 0) is 4.79 Å². The van der Waals surface area contributed by atoms with Gasteiger partial charge in [-0.15, -0.1) is 0 Å². The highest BCUT2D eigenvalue weighted by Crippen LogP contribution is 2.41. The lowest BCUT2D eigenvalue weighted by molar-refractivity contribution is -0.142. The van der Waals surface area contributed by atoms with Crippen molar-refractivity contribution in [3.05, 3.63) is 0 Å². The van der Waals surface area contributed by atoms with Crippen molar-refractivity contribution < 1.29 is 14.7 Å². The number of nitrogens with zero attached hydrogens (tertiary/aromatic N) is 1. The Morgan fingerprint density at radius 3 is 2.63 bits per heavy atom. The summed E-state index contributed by atoms with van der Waals surface area (Å²) >= 11 is 1.71. The standard InChI is InChI=1S/C13H22N2O3S/c1-13(2,19-3)7-14-12(18)15-8-4-5-10(15)9(6-8)11(16)17/h8-10H,4-7H2,1-3H3,(H,14,18)(H,16,17). The van der Waals surface area contributed by atoms with Crippen LogP contribution in [0.2, 0.25) is 0 Å². The Morgan fingerprint density at radius 2 is 2.11 bits per heavy atom. The number of carboxylic acids is 1. The Bertz CT molecular complexity index is 386. The maximum Gasteiger partial charge on any atom is 0.317 e. The summed E-state index contributed by atoms with van der Waals surface area (Å²) in [7, 11) is 0. The summed E-state index contributed by atoms with van der Waals surface area (Å²) in [4.78, 5) is 25.2. The molecule has 2 aliphatic rings. The molecule has 2 fully saturated rings. The number of carbonyl (C=O) groups is 2. The van der Waals surface area contributed by atoms with E-state index in [1.54, 1.807) is 16.7 Å². The molecule has 2 bridgehead atoms. The Kier molecular flexibility index (Phi) is 3.99. The number of carboxylic acid groups (broad SMARTS) is 1. The zero-order valence-corrected chi connectivity index (χ0v) is 12.5. The molecule has 2 saturated heterocycles. The molecular formula is C13H22N2O3S. The number of hydrogen-bond acceptors (Lipinski definition) is 3. The monoisotopic (exact) mass is 286 g/mol. The number of rotatable bonds is 4. The topological polar surface area (TPSA) is 69.6 Å². The van der Waals surface area contributed by atoms with Crippen molar-refractivity contribution >= 4 is 23.8 Å². The first-order valence-electron chi connectivity index (χ1n) is 6.70. The second-order valence-electron chi connectivity index (χ2n) is 6.01. The molecule has 19 heavy (non-hydrogen) atoms. The van der Waals surface area contributed by atoms with Gasteiger partial charge in [0.05, 0.1) is 5.92 Å². The van der Waals surface area contributed by atoms with E-state index in [2.05, 4.69) is 19.2 Å². The molecule has 0 aliphatic carbocycles. The fourth-order valence-electron chi connectivity index (χ4n) is 3.02. The molecule has 0 aromatic carbocycles. The Balaban J connectivity index is 1.96. The second-order valence-corrected chi connectivity index (χ2v) is 7.52. The smallest absolute Gasteiger partial charge is 0.317 e. The normalized spacial score (nSPS) is 29.6. The number of carbonyl (C=O) groups excluding carboxylic acids is 1. The summed E-state index contributed by atoms with van der Waals surface area (Å²) in [5, 5.41) is 12.1. The maximum atomic E-state index is 12.2. The number of fused-ring (bicyclic) bond motifs is 2. The molecule has 2 aliphatic heterocycles. The average Bonchev–Trinajstić information content (AvgIpc) is 2.93. The predicted octanol–water partition coefficient (Wildman–Crippen LogP) is 1.78. The van der Waals surface area contributed by atoms with E-state index < -0.39 is 5.97 Å². The van der Waals surface area contributed by atoms with E-state index in [1.807, 2.05) is 6.26 Å². The molecule has 2 rings (SSSR count). The summed E-state index contributed by atoms with van der Waals surface area (Å²) in [6.07, 6.45) is 4.39. The third-order valence-corrected chi connectivity index (χ3v) is 5.56. The third-order valence-electron chi connectivity index (χ3n) is 4.31. The van der Waals surface area contributed by atoms with Crippen LogP contribution in [0.4, 0.5) is 4.79 Å². The number of aliphatic carboxylic acids is 1. The van der Waals surface area contributed by atoms with Crippen LogP contribution in [0, 0.1) is 5.92 Å². The molecule has 0 spiro atoms. The fraction of sp³-hybridized carbons (Fsp3) is 0.846. The zero-order valence-electron chi connectivity index (χ0n) is 11.7. The first kappa shape index (κ1) is 14.5. The van der Waals surface area contributed by atoms with Crippen LogP contribution in [0.1, 0.15) is 33.1 Å². The van der Waals surface area contributed by atoms with Crippen molar-refractivity contribution in [3.8, 4) is 0 Å². The van der Waals surface area contributed by atoms with E-state index in [1.165, 1.54) is 0 Å². The second kappa shape index (κ2) is 5.23. The van der Waals surface area contributed by atoms with Gasteiger partial charge in [0.1, 0.15) is 0 Å². The van der Waals surface area contributed by atoms with Crippen LogP contribution in [0.15, 0.2) is 0 Å². The molecule has 6 heteroatoms. The third kappa shape index (κ3) is 2.83. The number of thioether (sulfide) groups is 1. The van der Waals surface area contributed by atoms with Gasteiger partial charge in [-0.1, -0.05) is 0 Å². The lowest BCUT2D eigenvalue weighted by atomic mass is 9.89. The van der Waals surface area contributed by atoms with E-state index >= 15 is 0 Å². The van der Waals surface area contributed by atoms with E-state index in [0.717, 1.165) is 12.8 Å². The summed E-state index contributed by atoms with van der Waals surface area (Å²) < 4.78 is 0.000626. The van der Waals surface area contributed by atoms with Crippen LogP contribution in [-0.4, -0.2) is 51.6 Å². The van der Waals surface area contributed by atoms with Crippen LogP contribution < -0.4 is 5.32 Å². The SMILES string of the molecule is CSC(C)(C)CNC(=O)N1C2CCC1C(C(=O)O)C2. The highest BCUT2D eigenvalue weighted by atomic mass is 32.2. The summed E-state index contributed by atoms with van der Waals surface area (Å²) in [5.41, 5.74) is 0. The van der Waals surface area contributed by atoms with Crippen LogP contribution in [0.5, 0.6) is 0 Å². The van der Waals surface area contributed by atoms with Gasteiger partial charge >= 0.3 is 12.0 Å². The Labute approximate surface area is 118 Å². The summed E-state index contributed by atoms with van der Waals surface area (Å²) in [6.45, 7) is 4.76. The molecule has 108 valence electrons. The maximum absolute atomic E-state index is 12.2. The van der Waals surface area contributed by atoms with Crippen molar-refractivity contribution in [1.82, 2.24) is 10.2 Å². The van der Waals surface area contributed by atoms with Gasteiger partial charge in [0.25, 0.3) is 0 Å². The van der Waals surface area contributed by atoms with Gasteiger partial charge in [-0.05, 0) is 39.4 Å². The van der Waals surface area contributed by atoms with Crippen molar-refractivity contribution in [2.45, 2.75) is 49.9 Å². The van der Waals surface area contributed by atoms with E-state index in [-0.39, 0.29) is 28.8 Å². The minimum absolute atomic E-state index is 0.000626.